The van der Waals surface area contributed by atoms with Crippen molar-refractivity contribution in [3.63, 3.8) is 0 Å². The van der Waals surface area contributed by atoms with Gasteiger partial charge in [0.2, 0.25) is 0 Å². The van der Waals surface area contributed by atoms with Gasteiger partial charge in [-0.1, -0.05) is 36.4 Å². The average molecular weight is 376 g/mol. The molecule has 5 rings (SSSR count). The number of β-amino-alcohol motifs (C(OH)–C–C–N with tert-alkyl or cyclic N) is 1. The van der Waals surface area contributed by atoms with Gasteiger partial charge >= 0.3 is 0 Å². The quantitative estimate of drug-likeness (QED) is 0.809. The van der Waals surface area contributed by atoms with Gasteiger partial charge in [-0.3, -0.25) is 4.79 Å². The number of likely N-dealkylation sites (tertiary alicyclic amines) is 1. The maximum absolute atomic E-state index is 12.5. The lowest BCUT2D eigenvalue weighted by molar-refractivity contribution is -0.110. The molecule has 0 radical (unpaired) electrons. The molecule has 2 aromatic rings. The van der Waals surface area contributed by atoms with E-state index in [0.29, 0.717) is 17.9 Å². The van der Waals surface area contributed by atoms with E-state index >= 15 is 0 Å². The topological polar surface area (TPSA) is 61.8 Å². The van der Waals surface area contributed by atoms with Crippen LogP contribution in [0, 0.1) is 0 Å². The number of benzene rings is 2. The van der Waals surface area contributed by atoms with Gasteiger partial charge in [0.1, 0.15) is 12.4 Å². The Hall–Kier alpha value is -2.63. The second kappa shape index (κ2) is 7.08. The first-order chi connectivity index (χ1) is 13.7. The number of fused-ring (bicyclic) bond motifs is 2. The third-order valence-corrected chi connectivity index (χ3v) is 5.88. The highest BCUT2D eigenvalue weighted by Crippen LogP contribution is 2.41. The number of amides is 1. The number of nitrogens with zero attached hydrogens (tertiary/aromatic N) is 1. The number of aliphatic hydroxyl groups is 1. The normalized spacial score (nSPS) is 23.9. The molecule has 3 heterocycles. The standard InChI is InChI=1S/C23H24N2O3/c26-17-4-3-10-25(13-17)11-9-15-7-8-18-16(12-15)14-28-22(18)21-19-5-1-2-6-20(19)24-23(21)27/h1-2,5-8,12,17,26H,3-4,9-11,13-14H2,(H,24,27)/b22-21+. The smallest absolute Gasteiger partial charge is 0.260 e. The highest BCUT2D eigenvalue weighted by molar-refractivity contribution is 6.36. The number of anilines is 1. The summed E-state index contributed by atoms with van der Waals surface area (Å²) in [7, 11) is 0. The van der Waals surface area contributed by atoms with Gasteiger partial charge in [0, 0.05) is 35.5 Å². The molecular formula is C23H24N2O3. The van der Waals surface area contributed by atoms with Crippen LogP contribution in [0.1, 0.15) is 35.1 Å². The summed E-state index contributed by atoms with van der Waals surface area (Å²) in [5.41, 5.74) is 5.79. The van der Waals surface area contributed by atoms with Crippen LogP contribution in [0.2, 0.25) is 0 Å². The molecule has 3 aliphatic heterocycles. The van der Waals surface area contributed by atoms with Crippen molar-refractivity contribution in [3.05, 3.63) is 64.7 Å². The van der Waals surface area contributed by atoms with Crippen molar-refractivity contribution >= 4 is 22.9 Å². The van der Waals surface area contributed by atoms with E-state index in [9.17, 15) is 9.90 Å². The zero-order valence-electron chi connectivity index (χ0n) is 15.8. The van der Waals surface area contributed by atoms with E-state index in [1.165, 1.54) is 5.56 Å². The molecule has 5 nitrogen and oxygen atoms in total. The molecule has 1 atom stereocenters. The summed E-state index contributed by atoms with van der Waals surface area (Å²) >= 11 is 0. The first kappa shape index (κ1) is 17.5. The molecule has 2 aromatic carbocycles. The minimum Gasteiger partial charge on any atom is -0.487 e. The van der Waals surface area contributed by atoms with E-state index in [0.717, 1.165) is 61.3 Å². The van der Waals surface area contributed by atoms with Crippen molar-refractivity contribution in [2.75, 3.05) is 25.0 Å². The van der Waals surface area contributed by atoms with Gasteiger partial charge in [0.15, 0.2) is 0 Å². The number of piperidine rings is 1. The predicted octanol–water partition coefficient (Wildman–Crippen LogP) is 3.04. The van der Waals surface area contributed by atoms with Crippen LogP contribution in [0.5, 0.6) is 0 Å². The predicted molar refractivity (Wildman–Crippen MR) is 109 cm³/mol. The number of rotatable bonds is 3. The Balaban J connectivity index is 1.38. The summed E-state index contributed by atoms with van der Waals surface area (Å²) in [4.78, 5) is 14.9. The summed E-state index contributed by atoms with van der Waals surface area (Å²) in [6.45, 7) is 3.30. The molecule has 0 aliphatic carbocycles. The van der Waals surface area contributed by atoms with Gasteiger partial charge in [0.25, 0.3) is 5.91 Å². The molecular weight excluding hydrogens is 352 g/mol. The van der Waals surface area contributed by atoms with Crippen LogP contribution in [-0.2, 0) is 22.6 Å². The van der Waals surface area contributed by atoms with E-state index < -0.39 is 0 Å². The Kier molecular flexibility index (Phi) is 4.41. The van der Waals surface area contributed by atoms with Crippen molar-refractivity contribution < 1.29 is 14.6 Å². The molecule has 28 heavy (non-hydrogen) atoms. The highest BCUT2D eigenvalue weighted by Gasteiger charge is 2.32. The lowest BCUT2D eigenvalue weighted by Crippen LogP contribution is -2.39. The number of hydrogen-bond acceptors (Lipinski definition) is 4. The second-order valence-electron chi connectivity index (χ2n) is 7.83. The van der Waals surface area contributed by atoms with E-state index in [1.54, 1.807) is 0 Å². The Bertz CT molecular complexity index is 966. The zero-order valence-corrected chi connectivity index (χ0v) is 15.8. The maximum atomic E-state index is 12.5. The molecule has 1 amide bonds. The molecule has 1 fully saturated rings. The number of ether oxygens (including phenoxy) is 1. The Morgan fingerprint density at radius 3 is 2.96 bits per heavy atom. The highest BCUT2D eigenvalue weighted by atomic mass is 16.5. The lowest BCUT2D eigenvalue weighted by Gasteiger charge is -2.29. The third-order valence-electron chi connectivity index (χ3n) is 5.88. The number of carbonyl (C=O) groups is 1. The maximum Gasteiger partial charge on any atom is 0.260 e. The van der Waals surface area contributed by atoms with Crippen molar-refractivity contribution in [2.24, 2.45) is 0 Å². The first-order valence-corrected chi connectivity index (χ1v) is 9.99. The number of carbonyl (C=O) groups excluding carboxylic acids is 1. The van der Waals surface area contributed by atoms with Crippen molar-refractivity contribution in [3.8, 4) is 0 Å². The van der Waals surface area contributed by atoms with Crippen LogP contribution in [0.4, 0.5) is 5.69 Å². The molecule has 1 saturated heterocycles. The van der Waals surface area contributed by atoms with Gasteiger partial charge in [-0.25, -0.2) is 0 Å². The van der Waals surface area contributed by atoms with Crippen molar-refractivity contribution in [1.29, 1.82) is 0 Å². The molecule has 3 aliphatic rings. The van der Waals surface area contributed by atoms with E-state index in [4.69, 9.17) is 4.74 Å². The number of hydrogen-bond donors (Lipinski definition) is 2. The third kappa shape index (κ3) is 3.11. The number of aliphatic hydroxyl groups excluding tert-OH is 1. The minimum absolute atomic E-state index is 0.100. The zero-order chi connectivity index (χ0) is 19.1. The fourth-order valence-corrected chi connectivity index (χ4v) is 4.44. The summed E-state index contributed by atoms with van der Waals surface area (Å²) in [5.74, 6) is 0.583. The van der Waals surface area contributed by atoms with Crippen LogP contribution in [-0.4, -0.2) is 41.7 Å². The van der Waals surface area contributed by atoms with Gasteiger partial charge in [0.05, 0.1) is 11.7 Å². The van der Waals surface area contributed by atoms with Gasteiger partial charge in [-0.05, 0) is 37.4 Å². The summed E-state index contributed by atoms with van der Waals surface area (Å²) < 4.78 is 5.97. The SMILES string of the molecule is O=C1Nc2ccccc2/C1=C1\OCc2cc(CCN3CCCC(O)C3)ccc21. The fraction of sp³-hybridized carbons (Fsp3) is 0.348. The van der Waals surface area contributed by atoms with E-state index in [2.05, 4.69) is 28.4 Å². The Morgan fingerprint density at radius 2 is 2.07 bits per heavy atom. The largest absolute Gasteiger partial charge is 0.487 e. The Labute approximate surface area is 164 Å². The van der Waals surface area contributed by atoms with Crippen LogP contribution >= 0.6 is 0 Å². The van der Waals surface area contributed by atoms with Gasteiger partial charge < -0.3 is 20.1 Å². The fourth-order valence-electron chi connectivity index (χ4n) is 4.44. The van der Waals surface area contributed by atoms with E-state index in [1.807, 2.05) is 24.3 Å². The molecule has 2 N–H and O–H groups in total. The number of para-hydroxylation sites is 1. The molecule has 0 bridgehead atoms. The second-order valence-corrected chi connectivity index (χ2v) is 7.83. The monoisotopic (exact) mass is 376 g/mol. The Morgan fingerprint density at radius 1 is 1.18 bits per heavy atom. The molecule has 5 heteroatoms. The number of nitrogens with one attached hydrogen (secondary N) is 1. The molecule has 144 valence electrons. The van der Waals surface area contributed by atoms with Crippen molar-refractivity contribution in [2.45, 2.75) is 32.0 Å². The van der Waals surface area contributed by atoms with Crippen LogP contribution in [0.15, 0.2) is 42.5 Å². The van der Waals surface area contributed by atoms with Crippen LogP contribution in [0.25, 0.3) is 11.3 Å². The minimum atomic E-state index is -0.184. The van der Waals surface area contributed by atoms with Gasteiger partial charge in [-0.15, -0.1) is 0 Å². The van der Waals surface area contributed by atoms with Crippen LogP contribution < -0.4 is 5.32 Å². The average Bonchev–Trinajstić information content (AvgIpc) is 3.25. The lowest BCUT2D eigenvalue weighted by atomic mass is 9.98. The summed E-state index contributed by atoms with van der Waals surface area (Å²) in [6.07, 6.45) is 2.76. The summed E-state index contributed by atoms with van der Waals surface area (Å²) in [6, 6.07) is 14.1. The van der Waals surface area contributed by atoms with E-state index in [-0.39, 0.29) is 12.0 Å². The molecule has 0 saturated carbocycles. The molecule has 0 aromatic heterocycles. The molecule has 0 spiro atoms. The van der Waals surface area contributed by atoms with Crippen molar-refractivity contribution in [1.82, 2.24) is 4.90 Å². The van der Waals surface area contributed by atoms with Crippen LogP contribution in [0.3, 0.4) is 0 Å². The van der Waals surface area contributed by atoms with Gasteiger partial charge in [-0.2, -0.15) is 0 Å². The molecule has 1 unspecified atom stereocenters. The summed E-state index contributed by atoms with van der Waals surface area (Å²) in [5, 5.41) is 12.8. The first-order valence-electron chi connectivity index (χ1n) is 9.99.